The number of hydrogen-bond donors (Lipinski definition) is 1. The van der Waals surface area contributed by atoms with E-state index < -0.39 is 5.97 Å². The molecule has 0 N–H and O–H groups in total. The van der Waals surface area contributed by atoms with Gasteiger partial charge in [0.05, 0.1) is 12.7 Å². The monoisotopic (exact) mass is 184 g/mol. The molecule has 0 saturated heterocycles. The first-order valence-electron chi connectivity index (χ1n) is 3.32. The van der Waals surface area contributed by atoms with Crippen molar-refractivity contribution in [3.8, 4) is 0 Å². The number of thiol groups is 1. The van der Waals surface area contributed by atoms with Crippen molar-refractivity contribution >= 4 is 18.6 Å². The number of carbonyl (C=O) groups is 1. The van der Waals surface area contributed by atoms with Crippen LogP contribution >= 0.6 is 12.6 Å². The van der Waals surface area contributed by atoms with E-state index in [0.717, 1.165) is 5.57 Å². The topological polar surface area (TPSA) is 26.3 Å². The highest BCUT2D eigenvalue weighted by Gasteiger charge is 2.03. The molecule has 0 aromatic carbocycles. The largest absolute Gasteiger partial charge is 0.465 e. The fourth-order valence-corrected chi connectivity index (χ4v) is 0.634. The van der Waals surface area contributed by atoms with Gasteiger partial charge in [-0.25, -0.2) is 4.79 Å². The highest BCUT2D eigenvalue weighted by Crippen LogP contribution is 2.13. The number of rotatable bonds is 3. The lowest BCUT2D eigenvalue weighted by Gasteiger charge is -1.99. The van der Waals surface area contributed by atoms with E-state index in [1.807, 2.05) is 0 Å². The van der Waals surface area contributed by atoms with E-state index in [1.54, 1.807) is 6.92 Å². The Labute approximate surface area is 78.0 Å². The van der Waals surface area contributed by atoms with E-state index in [9.17, 15) is 4.79 Å². The van der Waals surface area contributed by atoms with Crippen molar-refractivity contribution in [2.75, 3.05) is 7.11 Å². The molecule has 0 radical (unpaired) electrons. The lowest BCUT2D eigenvalue weighted by atomic mass is 10.2. The fourth-order valence-electron chi connectivity index (χ4n) is 0.478. The minimum Gasteiger partial charge on any atom is -0.465 e. The molecule has 0 heterocycles. The smallest absolute Gasteiger partial charge is 0.337 e. The van der Waals surface area contributed by atoms with Crippen molar-refractivity contribution in [3.63, 3.8) is 0 Å². The highest BCUT2D eigenvalue weighted by molar-refractivity contribution is 7.84. The molecule has 0 fully saturated rings. The molecule has 0 atom stereocenters. The summed E-state index contributed by atoms with van der Waals surface area (Å²) in [6.07, 6.45) is 1.53. The van der Waals surface area contributed by atoms with E-state index in [0.29, 0.717) is 4.91 Å². The molecule has 0 aliphatic rings. The van der Waals surface area contributed by atoms with Crippen LogP contribution < -0.4 is 0 Å². The van der Waals surface area contributed by atoms with E-state index >= 15 is 0 Å². The Morgan fingerprint density at radius 1 is 1.50 bits per heavy atom. The Morgan fingerprint density at radius 2 is 2.00 bits per heavy atom. The van der Waals surface area contributed by atoms with Gasteiger partial charge in [-0.05, 0) is 18.6 Å². The van der Waals surface area contributed by atoms with Gasteiger partial charge < -0.3 is 4.74 Å². The second-order valence-electron chi connectivity index (χ2n) is 2.33. The van der Waals surface area contributed by atoms with Gasteiger partial charge in [0.1, 0.15) is 0 Å². The summed E-state index contributed by atoms with van der Waals surface area (Å²) in [6.45, 7) is 8.96. The molecular weight excluding hydrogens is 172 g/mol. The summed E-state index contributed by atoms with van der Waals surface area (Å²) in [5.41, 5.74) is 1.05. The molecule has 2 nitrogen and oxygen atoms in total. The van der Waals surface area contributed by atoms with Crippen LogP contribution in [0.2, 0.25) is 0 Å². The normalized spacial score (nSPS) is 10.8. The molecule has 0 aliphatic heterocycles. The number of hydrogen-bond acceptors (Lipinski definition) is 3. The van der Waals surface area contributed by atoms with Crippen LogP contribution in [0.15, 0.2) is 35.3 Å². The molecule has 66 valence electrons. The van der Waals surface area contributed by atoms with Crippen LogP contribution in [0.5, 0.6) is 0 Å². The Morgan fingerprint density at radius 3 is 2.33 bits per heavy atom. The summed E-state index contributed by atoms with van der Waals surface area (Å²) >= 11 is 4.09. The van der Waals surface area contributed by atoms with E-state index in [4.69, 9.17) is 0 Å². The van der Waals surface area contributed by atoms with Gasteiger partial charge in [0.25, 0.3) is 0 Å². The molecule has 0 amide bonds. The second-order valence-corrected chi connectivity index (χ2v) is 2.81. The average molecular weight is 184 g/mol. The van der Waals surface area contributed by atoms with Gasteiger partial charge in [-0.1, -0.05) is 13.2 Å². The summed E-state index contributed by atoms with van der Waals surface area (Å²) in [7, 11) is 1.31. The van der Waals surface area contributed by atoms with Gasteiger partial charge in [0.15, 0.2) is 0 Å². The van der Waals surface area contributed by atoms with Crippen molar-refractivity contribution in [3.05, 3.63) is 35.3 Å². The summed E-state index contributed by atoms with van der Waals surface area (Å²) < 4.78 is 4.45. The number of allylic oxidation sites excluding steroid dienone is 1. The van der Waals surface area contributed by atoms with Gasteiger partial charge in [-0.15, -0.1) is 12.6 Å². The lowest BCUT2D eigenvalue weighted by Crippen LogP contribution is -2.01. The molecule has 12 heavy (non-hydrogen) atoms. The Balaban J connectivity index is 4.44. The molecule has 0 aromatic heterocycles. The maximum Gasteiger partial charge on any atom is 0.337 e. The second kappa shape index (κ2) is 4.83. The SMILES string of the molecule is C=C(/C=C(/S)C(=C)C)C(=O)OC. The summed E-state index contributed by atoms with van der Waals surface area (Å²) in [4.78, 5) is 11.5. The molecule has 0 spiro atoms. The molecule has 0 aliphatic carbocycles. The molecule has 3 heteroatoms. The highest BCUT2D eigenvalue weighted by atomic mass is 32.1. The van der Waals surface area contributed by atoms with Gasteiger partial charge in [0, 0.05) is 4.91 Å². The first-order chi connectivity index (χ1) is 5.49. The molecule has 0 bridgehead atoms. The van der Waals surface area contributed by atoms with Crippen molar-refractivity contribution in [2.24, 2.45) is 0 Å². The van der Waals surface area contributed by atoms with Crippen LogP contribution in [-0.2, 0) is 9.53 Å². The van der Waals surface area contributed by atoms with Crippen LogP contribution in [0.25, 0.3) is 0 Å². The minimum absolute atomic E-state index is 0.269. The van der Waals surface area contributed by atoms with E-state index in [-0.39, 0.29) is 5.57 Å². The Hall–Kier alpha value is -0.960. The van der Waals surface area contributed by atoms with Crippen molar-refractivity contribution < 1.29 is 9.53 Å². The van der Waals surface area contributed by atoms with Gasteiger partial charge in [-0.3, -0.25) is 0 Å². The molecule has 0 unspecified atom stereocenters. The van der Waals surface area contributed by atoms with Crippen LogP contribution in [0.3, 0.4) is 0 Å². The molecular formula is C9H12O2S. The zero-order chi connectivity index (χ0) is 9.72. The summed E-state index contributed by atoms with van der Waals surface area (Å²) in [5.74, 6) is -0.456. The van der Waals surface area contributed by atoms with E-state index in [1.165, 1.54) is 13.2 Å². The third-order valence-corrected chi connectivity index (χ3v) is 1.71. The zero-order valence-electron chi connectivity index (χ0n) is 7.26. The number of esters is 1. The average Bonchev–Trinajstić information content (AvgIpc) is 2.02. The standard InChI is InChI=1S/C9H12O2S/c1-6(2)8(12)5-7(3)9(10)11-4/h5,12H,1,3H2,2,4H3/b8-5+. The van der Waals surface area contributed by atoms with E-state index in [2.05, 4.69) is 30.5 Å². The predicted octanol–water partition coefficient (Wildman–Crippen LogP) is 2.11. The van der Waals surface area contributed by atoms with Crippen LogP contribution in [0.4, 0.5) is 0 Å². The maximum atomic E-state index is 10.8. The minimum atomic E-state index is -0.456. The molecule has 0 aromatic rings. The predicted molar refractivity (Wildman–Crippen MR) is 53.0 cm³/mol. The van der Waals surface area contributed by atoms with Crippen LogP contribution in [-0.4, -0.2) is 13.1 Å². The number of methoxy groups -OCH3 is 1. The molecule has 0 saturated carbocycles. The van der Waals surface area contributed by atoms with Crippen molar-refractivity contribution in [2.45, 2.75) is 6.92 Å². The summed E-state index contributed by atoms with van der Waals surface area (Å²) in [5, 5.41) is 0. The quantitative estimate of drug-likeness (QED) is 0.315. The number of ether oxygens (including phenoxy) is 1. The fraction of sp³-hybridized carbons (Fsp3) is 0.222. The van der Waals surface area contributed by atoms with Gasteiger partial charge in [0.2, 0.25) is 0 Å². The van der Waals surface area contributed by atoms with Crippen LogP contribution in [0, 0.1) is 0 Å². The molecule has 0 rings (SSSR count). The van der Waals surface area contributed by atoms with Crippen LogP contribution in [0.1, 0.15) is 6.92 Å². The number of carbonyl (C=O) groups excluding carboxylic acids is 1. The first-order valence-corrected chi connectivity index (χ1v) is 3.77. The Kier molecular flexibility index (Phi) is 4.44. The summed E-state index contributed by atoms with van der Waals surface area (Å²) in [6, 6.07) is 0. The lowest BCUT2D eigenvalue weighted by molar-refractivity contribution is -0.135. The van der Waals surface area contributed by atoms with Gasteiger partial charge in [-0.2, -0.15) is 0 Å². The van der Waals surface area contributed by atoms with Crippen molar-refractivity contribution in [1.82, 2.24) is 0 Å². The maximum absolute atomic E-state index is 10.8. The third kappa shape index (κ3) is 3.44. The first kappa shape index (κ1) is 11.0. The third-order valence-electron chi connectivity index (χ3n) is 1.20. The van der Waals surface area contributed by atoms with Gasteiger partial charge >= 0.3 is 5.97 Å². The zero-order valence-corrected chi connectivity index (χ0v) is 8.15. The Bertz CT molecular complexity index is 251. The van der Waals surface area contributed by atoms with Crippen molar-refractivity contribution in [1.29, 1.82) is 0 Å².